The highest BCUT2D eigenvalue weighted by Gasteiger charge is 2.16. The average Bonchev–Trinajstić information content (AvgIpc) is 2.65. The van der Waals surface area contributed by atoms with Gasteiger partial charge in [0.1, 0.15) is 0 Å². The van der Waals surface area contributed by atoms with Crippen LogP contribution in [0.15, 0.2) is 67.0 Å². The first kappa shape index (κ1) is 16.4. The zero-order valence-electron chi connectivity index (χ0n) is 13.3. The first-order valence-electron chi connectivity index (χ1n) is 7.80. The Kier molecular flexibility index (Phi) is 4.89. The Bertz CT molecular complexity index is 891. The number of carbonyl (C=O) groups excluding carboxylic acids is 1. The maximum Gasteiger partial charge on any atom is 0.405 e. The lowest BCUT2D eigenvalue weighted by Crippen LogP contribution is -2.37. The largest absolute Gasteiger partial charge is 0.465 e. The fraction of sp³-hybridized carbons (Fsp3) is 0.105. The minimum absolute atomic E-state index is 0.149. The van der Waals surface area contributed by atoms with Crippen LogP contribution in [0, 0.1) is 0 Å². The molecule has 1 atom stereocenters. The van der Waals surface area contributed by atoms with E-state index >= 15 is 0 Å². The zero-order valence-corrected chi connectivity index (χ0v) is 13.3. The lowest BCUT2D eigenvalue weighted by molar-refractivity contribution is 0.0950. The third kappa shape index (κ3) is 3.92. The molecular formula is C19H17N3O3. The second kappa shape index (κ2) is 7.44. The van der Waals surface area contributed by atoms with Crippen LogP contribution in [-0.4, -0.2) is 28.6 Å². The number of nitrogens with zero attached hydrogens (tertiary/aromatic N) is 1. The van der Waals surface area contributed by atoms with Gasteiger partial charge >= 0.3 is 6.09 Å². The average molecular weight is 335 g/mol. The number of nitrogens with one attached hydrogen (secondary N) is 2. The molecule has 126 valence electrons. The van der Waals surface area contributed by atoms with Crippen molar-refractivity contribution in [1.82, 2.24) is 15.6 Å². The van der Waals surface area contributed by atoms with Crippen LogP contribution in [0.25, 0.3) is 10.8 Å². The smallest absolute Gasteiger partial charge is 0.405 e. The first-order chi connectivity index (χ1) is 12.1. The predicted octanol–water partition coefficient (Wildman–Crippen LogP) is 2.97. The molecule has 3 rings (SSSR count). The summed E-state index contributed by atoms with van der Waals surface area (Å²) in [6.07, 6.45) is 2.20. The number of amides is 2. The van der Waals surface area contributed by atoms with E-state index < -0.39 is 12.1 Å². The molecule has 0 radical (unpaired) electrons. The Labute approximate surface area is 144 Å². The van der Waals surface area contributed by atoms with Crippen molar-refractivity contribution in [2.75, 3.05) is 6.54 Å². The summed E-state index contributed by atoms with van der Waals surface area (Å²) in [6, 6.07) is 15.8. The SMILES string of the molecule is O=C(O)NC(CNC(=O)c1cccc2cnccc12)c1ccccc1. The Morgan fingerprint density at radius 2 is 1.84 bits per heavy atom. The maximum atomic E-state index is 12.6. The lowest BCUT2D eigenvalue weighted by atomic mass is 10.0. The van der Waals surface area contributed by atoms with E-state index in [-0.39, 0.29) is 12.5 Å². The van der Waals surface area contributed by atoms with Crippen LogP contribution in [0.5, 0.6) is 0 Å². The molecule has 6 heteroatoms. The number of benzene rings is 2. The summed E-state index contributed by atoms with van der Waals surface area (Å²) in [5.41, 5.74) is 1.31. The Morgan fingerprint density at radius 3 is 2.60 bits per heavy atom. The summed E-state index contributed by atoms with van der Waals surface area (Å²) in [5.74, 6) is -0.259. The molecule has 0 saturated carbocycles. The van der Waals surface area contributed by atoms with E-state index in [0.717, 1.165) is 16.3 Å². The second-order valence-electron chi connectivity index (χ2n) is 5.53. The highest BCUT2D eigenvalue weighted by atomic mass is 16.4. The molecule has 0 saturated heterocycles. The van der Waals surface area contributed by atoms with Crippen LogP contribution in [-0.2, 0) is 0 Å². The van der Waals surface area contributed by atoms with Gasteiger partial charge in [-0.1, -0.05) is 42.5 Å². The van der Waals surface area contributed by atoms with E-state index in [9.17, 15) is 9.59 Å². The molecule has 0 aliphatic heterocycles. The van der Waals surface area contributed by atoms with Crippen molar-refractivity contribution >= 4 is 22.8 Å². The van der Waals surface area contributed by atoms with Gasteiger partial charge in [0.25, 0.3) is 5.91 Å². The molecule has 0 aliphatic rings. The van der Waals surface area contributed by atoms with Crippen LogP contribution in [0.2, 0.25) is 0 Å². The number of rotatable bonds is 5. The van der Waals surface area contributed by atoms with Crippen molar-refractivity contribution in [3.8, 4) is 0 Å². The molecular weight excluding hydrogens is 318 g/mol. The summed E-state index contributed by atoms with van der Waals surface area (Å²) in [6.45, 7) is 0.149. The number of aromatic nitrogens is 1. The third-order valence-electron chi connectivity index (χ3n) is 3.89. The maximum absolute atomic E-state index is 12.6. The summed E-state index contributed by atoms with van der Waals surface area (Å²) in [5, 5.41) is 16.0. The van der Waals surface area contributed by atoms with Crippen molar-refractivity contribution in [2.45, 2.75) is 6.04 Å². The molecule has 2 aromatic carbocycles. The van der Waals surface area contributed by atoms with Gasteiger partial charge in [-0.3, -0.25) is 9.78 Å². The van der Waals surface area contributed by atoms with E-state index in [1.165, 1.54) is 0 Å². The second-order valence-corrected chi connectivity index (χ2v) is 5.53. The predicted molar refractivity (Wildman–Crippen MR) is 94.4 cm³/mol. The molecule has 1 aromatic heterocycles. The number of hydrogen-bond donors (Lipinski definition) is 3. The molecule has 0 bridgehead atoms. The van der Waals surface area contributed by atoms with Crippen LogP contribution in [0.3, 0.4) is 0 Å². The van der Waals surface area contributed by atoms with Crippen molar-refractivity contribution in [1.29, 1.82) is 0 Å². The number of carbonyl (C=O) groups is 2. The molecule has 0 spiro atoms. The van der Waals surface area contributed by atoms with Gasteiger partial charge < -0.3 is 15.7 Å². The summed E-state index contributed by atoms with van der Waals surface area (Å²) < 4.78 is 0. The van der Waals surface area contributed by atoms with Crippen LogP contribution < -0.4 is 10.6 Å². The summed E-state index contributed by atoms with van der Waals surface area (Å²) >= 11 is 0. The normalized spacial score (nSPS) is 11.7. The van der Waals surface area contributed by atoms with Crippen molar-refractivity contribution < 1.29 is 14.7 Å². The number of hydrogen-bond acceptors (Lipinski definition) is 3. The quantitative estimate of drug-likeness (QED) is 0.668. The molecule has 1 unspecified atom stereocenters. The Morgan fingerprint density at radius 1 is 1.04 bits per heavy atom. The van der Waals surface area contributed by atoms with Gasteiger partial charge in [-0.25, -0.2) is 4.79 Å². The fourth-order valence-electron chi connectivity index (χ4n) is 2.70. The highest BCUT2D eigenvalue weighted by molar-refractivity contribution is 6.06. The van der Waals surface area contributed by atoms with Gasteiger partial charge in [0.05, 0.1) is 6.04 Å². The van der Waals surface area contributed by atoms with E-state index in [0.29, 0.717) is 5.56 Å². The lowest BCUT2D eigenvalue weighted by Gasteiger charge is -2.18. The first-order valence-corrected chi connectivity index (χ1v) is 7.80. The van der Waals surface area contributed by atoms with Crippen LogP contribution >= 0.6 is 0 Å². The molecule has 3 N–H and O–H groups in total. The van der Waals surface area contributed by atoms with Crippen molar-refractivity contribution in [2.24, 2.45) is 0 Å². The van der Waals surface area contributed by atoms with Gasteiger partial charge in [-0.15, -0.1) is 0 Å². The van der Waals surface area contributed by atoms with Gasteiger partial charge in [0, 0.05) is 29.9 Å². The number of pyridine rings is 1. The Balaban J connectivity index is 1.78. The molecule has 0 fully saturated rings. The number of fused-ring (bicyclic) bond motifs is 1. The third-order valence-corrected chi connectivity index (χ3v) is 3.89. The van der Waals surface area contributed by atoms with Gasteiger partial charge in [-0.2, -0.15) is 0 Å². The van der Waals surface area contributed by atoms with Crippen molar-refractivity contribution in [3.05, 3.63) is 78.1 Å². The number of carboxylic acid groups (broad SMARTS) is 1. The summed E-state index contributed by atoms with van der Waals surface area (Å²) in [7, 11) is 0. The van der Waals surface area contributed by atoms with Crippen molar-refractivity contribution in [3.63, 3.8) is 0 Å². The van der Waals surface area contributed by atoms with Crippen LogP contribution in [0.4, 0.5) is 4.79 Å². The minimum Gasteiger partial charge on any atom is -0.465 e. The van der Waals surface area contributed by atoms with Crippen LogP contribution in [0.1, 0.15) is 22.0 Å². The standard InChI is InChI=1S/C19H17N3O3/c23-18(16-8-4-7-14-11-20-10-9-15(14)16)21-12-17(22-19(24)25)13-5-2-1-3-6-13/h1-11,17,22H,12H2,(H,21,23)(H,24,25). The van der Waals surface area contributed by atoms with Gasteiger partial charge in [0.2, 0.25) is 0 Å². The topological polar surface area (TPSA) is 91.3 Å². The summed E-state index contributed by atoms with van der Waals surface area (Å²) in [4.78, 5) is 27.7. The van der Waals surface area contributed by atoms with E-state index in [1.807, 2.05) is 36.4 Å². The molecule has 25 heavy (non-hydrogen) atoms. The van der Waals surface area contributed by atoms with E-state index in [4.69, 9.17) is 5.11 Å². The van der Waals surface area contributed by atoms with E-state index in [2.05, 4.69) is 15.6 Å². The zero-order chi connectivity index (χ0) is 17.6. The van der Waals surface area contributed by atoms with Gasteiger partial charge in [-0.05, 0) is 23.1 Å². The molecule has 6 nitrogen and oxygen atoms in total. The molecule has 2 amide bonds. The van der Waals surface area contributed by atoms with Gasteiger partial charge in [0.15, 0.2) is 0 Å². The Hall–Kier alpha value is -3.41. The highest BCUT2D eigenvalue weighted by Crippen LogP contribution is 2.18. The molecule has 1 heterocycles. The molecule has 0 aliphatic carbocycles. The molecule has 3 aromatic rings. The minimum atomic E-state index is -1.14. The van der Waals surface area contributed by atoms with E-state index in [1.54, 1.807) is 30.6 Å². The fourth-order valence-corrected chi connectivity index (χ4v) is 2.70. The monoisotopic (exact) mass is 335 g/mol.